The van der Waals surface area contributed by atoms with E-state index in [-0.39, 0.29) is 11.3 Å². The first-order chi connectivity index (χ1) is 8.67. The van der Waals surface area contributed by atoms with Crippen molar-refractivity contribution >= 4 is 5.91 Å². The molecule has 1 aliphatic rings. The summed E-state index contributed by atoms with van der Waals surface area (Å²) in [6, 6.07) is 3.72. The van der Waals surface area contributed by atoms with Crippen LogP contribution in [0.5, 0.6) is 0 Å². The highest BCUT2D eigenvalue weighted by atomic mass is 16.5. The van der Waals surface area contributed by atoms with Crippen molar-refractivity contribution in [2.45, 2.75) is 25.7 Å². The fourth-order valence-electron chi connectivity index (χ4n) is 2.86. The molecule has 0 aromatic carbocycles. The van der Waals surface area contributed by atoms with E-state index in [1.165, 1.54) is 12.8 Å². The lowest BCUT2D eigenvalue weighted by molar-refractivity contribution is 0.0737. The van der Waals surface area contributed by atoms with Crippen LogP contribution >= 0.6 is 0 Å². The average molecular weight is 250 g/mol. The molecule has 100 valence electrons. The van der Waals surface area contributed by atoms with Crippen molar-refractivity contribution in [2.75, 3.05) is 20.3 Å². The van der Waals surface area contributed by atoms with Crippen LogP contribution in [0.1, 0.15) is 36.2 Å². The molecule has 18 heavy (non-hydrogen) atoms. The second-order valence-electron chi connectivity index (χ2n) is 5.33. The van der Waals surface area contributed by atoms with Crippen molar-refractivity contribution in [3.63, 3.8) is 0 Å². The highest BCUT2D eigenvalue weighted by molar-refractivity contribution is 5.92. The van der Waals surface area contributed by atoms with Gasteiger partial charge in [-0.3, -0.25) is 4.79 Å². The lowest BCUT2D eigenvalue weighted by Crippen LogP contribution is -2.39. The molecule has 0 radical (unpaired) electrons. The van der Waals surface area contributed by atoms with Gasteiger partial charge >= 0.3 is 0 Å². The Kier molecular flexibility index (Phi) is 4.07. The molecule has 1 fully saturated rings. The summed E-state index contributed by atoms with van der Waals surface area (Å²) in [5.41, 5.74) is 0.857. The number of ether oxygens (including phenoxy) is 1. The van der Waals surface area contributed by atoms with Gasteiger partial charge in [-0.05, 0) is 25.0 Å². The third-order valence-electron chi connectivity index (χ3n) is 3.92. The molecule has 1 aliphatic carbocycles. The Morgan fingerprint density at radius 2 is 2.22 bits per heavy atom. The van der Waals surface area contributed by atoms with Gasteiger partial charge in [-0.25, -0.2) is 0 Å². The third-order valence-corrected chi connectivity index (χ3v) is 3.92. The summed E-state index contributed by atoms with van der Waals surface area (Å²) in [6.07, 6.45) is 6.66. The zero-order valence-electron chi connectivity index (χ0n) is 11.2. The molecule has 0 unspecified atom stereocenters. The number of carbonyl (C=O) groups excluding carboxylic acids is 1. The third kappa shape index (κ3) is 2.75. The molecule has 1 heterocycles. The van der Waals surface area contributed by atoms with Crippen LogP contribution in [-0.4, -0.2) is 30.7 Å². The summed E-state index contributed by atoms with van der Waals surface area (Å²) < 4.78 is 7.16. The summed E-state index contributed by atoms with van der Waals surface area (Å²) in [4.78, 5) is 12.1. The van der Waals surface area contributed by atoms with Crippen LogP contribution in [0.25, 0.3) is 0 Å². The quantitative estimate of drug-likeness (QED) is 0.868. The van der Waals surface area contributed by atoms with Gasteiger partial charge in [-0.2, -0.15) is 0 Å². The Morgan fingerprint density at radius 1 is 1.50 bits per heavy atom. The van der Waals surface area contributed by atoms with Crippen LogP contribution in [0.4, 0.5) is 0 Å². The van der Waals surface area contributed by atoms with Crippen LogP contribution < -0.4 is 5.32 Å². The molecule has 4 nitrogen and oxygen atoms in total. The monoisotopic (exact) mass is 250 g/mol. The zero-order chi connectivity index (χ0) is 13.0. The zero-order valence-corrected chi connectivity index (χ0v) is 11.2. The van der Waals surface area contributed by atoms with Gasteiger partial charge < -0.3 is 14.6 Å². The van der Waals surface area contributed by atoms with Gasteiger partial charge in [-0.15, -0.1) is 0 Å². The van der Waals surface area contributed by atoms with Gasteiger partial charge in [0, 0.05) is 32.3 Å². The van der Waals surface area contributed by atoms with E-state index < -0.39 is 0 Å². The Morgan fingerprint density at radius 3 is 2.78 bits per heavy atom. The van der Waals surface area contributed by atoms with E-state index >= 15 is 0 Å². The normalized spacial score (nSPS) is 17.9. The largest absolute Gasteiger partial charge is 0.384 e. The van der Waals surface area contributed by atoms with E-state index in [0.29, 0.717) is 12.2 Å². The lowest BCUT2D eigenvalue weighted by Gasteiger charge is -2.28. The van der Waals surface area contributed by atoms with Gasteiger partial charge in [0.05, 0.1) is 6.61 Å². The number of nitrogens with one attached hydrogen (secondary N) is 1. The van der Waals surface area contributed by atoms with Gasteiger partial charge in [0.25, 0.3) is 5.91 Å². The summed E-state index contributed by atoms with van der Waals surface area (Å²) in [6.45, 7) is 1.45. The topological polar surface area (TPSA) is 43.3 Å². The maximum absolute atomic E-state index is 12.1. The predicted molar refractivity (Wildman–Crippen MR) is 70.5 cm³/mol. The van der Waals surface area contributed by atoms with E-state index in [2.05, 4.69) is 5.32 Å². The predicted octanol–water partition coefficient (Wildman–Crippen LogP) is 1.96. The SMILES string of the molecule is COCC1(CNC(=O)c2cccn2C)CCCC1. The van der Waals surface area contributed by atoms with Crippen LogP contribution in [0, 0.1) is 5.41 Å². The molecule has 1 aromatic heterocycles. The molecule has 0 spiro atoms. The summed E-state index contributed by atoms with van der Waals surface area (Å²) in [5.74, 6) is 0.00452. The number of hydrogen-bond donors (Lipinski definition) is 1. The number of nitrogens with zero attached hydrogens (tertiary/aromatic N) is 1. The van der Waals surface area contributed by atoms with Crippen molar-refractivity contribution in [1.82, 2.24) is 9.88 Å². The second-order valence-corrected chi connectivity index (χ2v) is 5.33. The minimum Gasteiger partial charge on any atom is -0.384 e. The Labute approximate surface area is 108 Å². The number of rotatable bonds is 5. The minimum absolute atomic E-state index is 0.00452. The highest BCUT2D eigenvalue weighted by Gasteiger charge is 2.34. The van der Waals surface area contributed by atoms with Crippen LogP contribution in [0.3, 0.4) is 0 Å². The highest BCUT2D eigenvalue weighted by Crippen LogP contribution is 2.37. The molecular formula is C14H22N2O2. The first-order valence-corrected chi connectivity index (χ1v) is 6.55. The summed E-state index contributed by atoms with van der Waals surface area (Å²) in [7, 11) is 3.62. The second kappa shape index (κ2) is 5.57. The summed E-state index contributed by atoms with van der Waals surface area (Å²) in [5, 5.41) is 3.05. The van der Waals surface area contributed by atoms with Crippen LogP contribution in [0.2, 0.25) is 0 Å². The van der Waals surface area contributed by atoms with E-state index in [4.69, 9.17) is 4.74 Å². The Bertz CT molecular complexity index is 406. The van der Waals surface area contributed by atoms with E-state index in [1.54, 1.807) is 7.11 Å². The number of aryl methyl sites for hydroxylation is 1. The van der Waals surface area contributed by atoms with E-state index in [1.807, 2.05) is 29.9 Å². The molecule has 4 heteroatoms. The van der Waals surface area contributed by atoms with Crippen LogP contribution in [-0.2, 0) is 11.8 Å². The van der Waals surface area contributed by atoms with Crippen molar-refractivity contribution in [3.05, 3.63) is 24.0 Å². The molecule has 1 amide bonds. The molecule has 1 aromatic rings. The first kappa shape index (κ1) is 13.1. The van der Waals surface area contributed by atoms with Crippen molar-refractivity contribution in [1.29, 1.82) is 0 Å². The maximum atomic E-state index is 12.1. The fourth-order valence-corrected chi connectivity index (χ4v) is 2.86. The minimum atomic E-state index is 0.00452. The van der Waals surface area contributed by atoms with E-state index in [9.17, 15) is 4.79 Å². The summed E-state index contributed by atoms with van der Waals surface area (Å²) >= 11 is 0. The first-order valence-electron chi connectivity index (χ1n) is 6.55. The number of hydrogen-bond acceptors (Lipinski definition) is 2. The van der Waals surface area contributed by atoms with Gasteiger partial charge in [-0.1, -0.05) is 12.8 Å². The maximum Gasteiger partial charge on any atom is 0.267 e. The molecule has 0 bridgehead atoms. The number of amides is 1. The Hall–Kier alpha value is -1.29. The van der Waals surface area contributed by atoms with Crippen molar-refractivity contribution in [3.8, 4) is 0 Å². The number of methoxy groups -OCH3 is 1. The van der Waals surface area contributed by atoms with E-state index in [0.717, 1.165) is 19.4 Å². The van der Waals surface area contributed by atoms with Crippen LogP contribution in [0.15, 0.2) is 18.3 Å². The van der Waals surface area contributed by atoms with Gasteiger partial charge in [0.15, 0.2) is 0 Å². The average Bonchev–Trinajstić information content (AvgIpc) is 2.97. The van der Waals surface area contributed by atoms with Gasteiger partial charge in [0.1, 0.15) is 5.69 Å². The molecule has 0 atom stereocenters. The molecule has 1 saturated carbocycles. The van der Waals surface area contributed by atoms with Gasteiger partial charge in [0.2, 0.25) is 0 Å². The molecular weight excluding hydrogens is 228 g/mol. The Balaban J connectivity index is 1.94. The van der Waals surface area contributed by atoms with Crippen molar-refractivity contribution < 1.29 is 9.53 Å². The molecule has 0 saturated heterocycles. The molecule has 2 rings (SSSR count). The fraction of sp³-hybridized carbons (Fsp3) is 0.643. The van der Waals surface area contributed by atoms with Crippen molar-refractivity contribution in [2.24, 2.45) is 12.5 Å². The smallest absolute Gasteiger partial charge is 0.267 e. The number of aromatic nitrogens is 1. The number of carbonyl (C=O) groups is 1. The molecule has 1 N–H and O–H groups in total. The standard InChI is InChI=1S/C14H22N2O2/c1-16-9-5-6-12(16)13(17)15-10-14(11-18-2)7-3-4-8-14/h5-6,9H,3-4,7-8,10-11H2,1-2H3,(H,15,17). The molecule has 0 aliphatic heterocycles. The lowest BCUT2D eigenvalue weighted by atomic mass is 9.87.